The minimum Gasteiger partial charge on any atom is -0.492 e. The van der Waals surface area contributed by atoms with Crippen LogP contribution < -0.4 is 41.9 Å². The molecule has 0 saturated carbocycles. The molecule has 0 atom stereocenters. The van der Waals surface area contributed by atoms with Crippen molar-refractivity contribution >= 4 is 68.9 Å². The van der Waals surface area contributed by atoms with Crippen molar-refractivity contribution in [2.45, 2.75) is 47.5 Å². The summed E-state index contributed by atoms with van der Waals surface area (Å²) in [7, 11) is 11.6. The Morgan fingerprint density at radius 3 is 1.07 bits per heavy atom. The lowest BCUT2D eigenvalue weighted by Gasteiger charge is -2.26. The van der Waals surface area contributed by atoms with E-state index in [0.29, 0.717) is 93.2 Å². The second-order valence-corrected chi connectivity index (χ2v) is 34.9. The van der Waals surface area contributed by atoms with Gasteiger partial charge in [0, 0.05) is 117 Å². The molecule has 0 radical (unpaired) electrons. The Labute approximate surface area is 783 Å². The van der Waals surface area contributed by atoms with Crippen molar-refractivity contribution in [3.63, 3.8) is 0 Å². The van der Waals surface area contributed by atoms with Crippen LogP contribution in [0, 0.1) is 69.5 Å². The van der Waals surface area contributed by atoms with Crippen LogP contribution >= 0.6 is 45.6 Å². The molecule has 43 heteroatoms. The Bertz CT molecular complexity index is 6760. The summed E-state index contributed by atoms with van der Waals surface area (Å²) < 4.78 is 123. The first-order valence-corrected chi connectivity index (χ1v) is 45.0. The van der Waals surface area contributed by atoms with Crippen LogP contribution in [0.2, 0.25) is 5.02 Å². The molecule has 0 bridgehead atoms. The predicted octanol–water partition coefficient (Wildman–Crippen LogP) is 15.4. The van der Waals surface area contributed by atoms with Gasteiger partial charge < -0.3 is 61.3 Å². The van der Waals surface area contributed by atoms with E-state index < -0.39 is 34.9 Å². The molecule has 33 nitrogen and oxygen atoms in total. The molecule has 0 unspecified atom stereocenters. The van der Waals surface area contributed by atoms with Crippen LogP contribution in [0.1, 0.15) is 40.7 Å². The number of likely N-dealkylation sites (N-methyl/N-ethyl adjacent to an activating group) is 1. The minimum atomic E-state index is -1.14. The molecule has 1 aliphatic rings. The summed E-state index contributed by atoms with van der Waals surface area (Å²) in [6.07, 6.45) is 8.01. The number of ether oxygens (including phenoxy) is 5. The second-order valence-electron chi connectivity index (χ2n) is 31.7. The van der Waals surface area contributed by atoms with Gasteiger partial charge in [0.15, 0.2) is 58.1 Å². The third kappa shape index (κ3) is 23.1. The molecule has 0 amide bonds. The number of rotatable bonds is 30. The fraction of sp³-hybridized carbons (Fsp3) is 0.275. The summed E-state index contributed by atoms with van der Waals surface area (Å²) in [6, 6.07) is 32.7. The van der Waals surface area contributed by atoms with E-state index in [1.165, 1.54) is 39.2 Å². The number of aryl methyl sites for hydroxylation is 3. The van der Waals surface area contributed by atoms with Crippen LogP contribution in [0.15, 0.2) is 156 Å². The lowest BCUT2D eigenvalue weighted by atomic mass is 10.1. The van der Waals surface area contributed by atoms with Gasteiger partial charge in [0.1, 0.15) is 70.7 Å². The first kappa shape index (κ1) is 96.2. The van der Waals surface area contributed by atoms with Gasteiger partial charge in [-0.15, -0.1) is 54.4 Å². The number of tetrazole rings is 4. The first-order chi connectivity index (χ1) is 64.5. The zero-order valence-electron chi connectivity index (χ0n) is 74.9. The van der Waals surface area contributed by atoms with E-state index in [-0.39, 0.29) is 82.4 Å². The summed E-state index contributed by atoms with van der Waals surface area (Å²) in [5.41, 5.74) is 34.7. The molecule has 1 fully saturated rings. The fourth-order valence-electron chi connectivity index (χ4n) is 13.8. The van der Waals surface area contributed by atoms with E-state index in [2.05, 4.69) is 110 Å². The highest BCUT2D eigenvalue weighted by atomic mass is 35.5. The number of thiophene rings is 3. The second kappa shape index (κ2) is 44.1. The zero-order chi connectivity index (χ0) is 95.0. The Hall–Kier alpha value is -13.9. The maximum absolute atomic E-state index is 15.5. The third-order valence-electron chi connectivity index (χ3n) is 20.9. The Kier molecular flexibility index (Phi) is 31.7. The van der Waals surface area contributed by atoms with Gasteiger partial charge >= 0.3 is 0 Å². The van der Waals surface area contributed by atoms with Crippen LogP contribution in [0.3, 0.4) is 0 Å². The molecule has 0 spiro atoms. The highest BCUT2D eigenvalue weighted by Gasteiger charge is 2.28. The normalized spacial score (nSPS) is 12.1. The van der Waals surface area contributed by atoms with Crippen LogP contribution in [-0.4, -0.2) is 242 Å². The molecule has 5 aromatic carbocycles. The summed E-state index contributed by atoms with van der Waals surface area (Å²) in [5.74, 6) is -3.09. The Morgan fingerprint density at radius 1 is 0.381 bits per heavy atom. The van der Waals surface area contributed by atoms with E-state index in [0.717, 1.165) is 110 Å². The standard InChI is InChI=1S/C24H26FN7O2S.C23H22ClF2N7O.C22H23F2N7OS.C22H24FN7OS/c1-15-11-21(35-14-15)17-12-18(23(26)27-13-17)24-28-29-30-32(24)19-3-4-20(16(2)22(19)25)34-10-7-31-5-8-33-9-6-31;1-32(2)9-4-10-34-19-8-7-18(20(25)21(19)26)33-23(29-30-31-33)17-12-15(13-28-22(17)27)14-5-3-6-16(24)11-14;1-13-9-18(33-12-13)14-10-15(21(25)26-11-14)22-27-28-29-31(22)16-5-6-17(20(24)19(16)23)32-8-4-7-30(2)3;1-13-9-19(32-12-13)15-10-16(21(24)25-11-15)22-26-27-28-30(22)17-5-6-18(14(2)20(17)23)31-8-7-29(3)4/h3-4,11-14H,5-10H2,1-2H3,(H2,26,27);3,5-8,11-13H,4,9-10H2,1-2H3,(H2,27,28);5-6,9-12H,4,7-8H2,1-3H3,(H2,25,26);5-6,9-12H,7-8H2,1-4H3,(H2,24,25). The molecule has 17 rings (SSSR count). The smallest absolute Gasteiger partial charge is 0.202 e. The van der Waals surface area contributed by atoms with Gasteiger partial charge in [-0.25, -0.2) is 37.5 Å². The van der Waals surface area contributed by atoms with Crippen molar-refractivity contribution in [3.05, 3.63) is 224 Å². The van der Waals surface area contributed by atoms with Crippen LogP contribution in [0.4, 0.5) is 49.6 Å². The average Bonchev–Trinajstić information content (AvgIpc) is 1.61. The lowest BCUT2D eigenvalue weighted by Crippen LogP contribution is -2.38. The van der Waals surface area contributed by atoms with Gasteiger partial charge in [-0.1, -0.05) is 23.7 Å². The molecule has 0 aliphatic carbocycles. The number of halogens is 7. The van der Waals surface area contributed by atoms with Crippen molar-refractivity contribution in [3.8, 4) is 134 Å². The van der Waals surface area contributed by atoms with Crippen LogP contribution in [-0.2, 0) is 4.74 Å². The highest BCUT2D eigenvalue weighted by molar-refractivity contribution is 7.14. The van der Waals surface area contributed by atoms with Gasteiger partial charge in [0.2, 0.25) is 11.6 Å². The number of benzene rings is 5. The number of nitrogen functional groups attached to an aromatic ring is 4. The number of nitrogens with zero attached hydrogens (tertiary/aromatic N) is 24. The van der Waals surface area contributed by atoms with Crippen molar-refractivity contribution in [2.24, 2.45) is 0 Å². The van der Waals surface area contributed by atoms with Crippen molar-refractivity contribution in [1.82, 2.24) is 120 Å². The number of anilines is 4. The molecule has 134 heavy (non-hydrogen) atoms. The monoisotopic (exact) mass is 1900 g/mol. The number of aromatic nitrogens is 20. The molecular formula is C91H95ClF6N28O5S3. The number of hydrogen-bond acceptors (Lipinski definition) is 32. The van der Waals surface area contributed by atoms with Gasteiger partial charge in [-0.3, -0.25) is 4.90 Å². The van der Waals surface area contributed by atoms with Crippen molar-refractivity contribution in [2.75, 3.05) is 144 Å². The maximum atomic E-state index is 15.5. The lowest BCUT2D eigenvalue weighted by molar-refractivity contribution is 0.0322. The molecule has 1 aliphatic heterocycles. The van der Waals surface area contributed by atoms with Gasteiger partial charge in [0.05, 0.1) is 48.7 Å². The Morgan fingerprint density at radius 2 is 0.716 bits per heavy atom. The molecule has 8 N–H and O–H groups in total. The van der Waals surface area contributed by atoms with Crippen LogP contribution in [0.25, 0.3) is 111 Å². The largest absolute Gasteiger partial charge is 0.492 e. The molecule has 1 saturated heterocycles. The fourth-order valence-corrected chi connectivity index (χ4v) is 16.6. The van der Waals surface area contributed by atoms with E-state index in [9.17, 15) is 13.2 Å². The summed E-state index contributed by atoms with van der Waals surface area (Å²) in [6.45, 7) is 17.1. The topological polar surface area (TPSA) is 389 Å². The zero-order valence-corrected chi connectivity index (χ0v) is 78.1. The average molecular weight is 1910 g/mol. The van der Waals surface area contributed by atoms with E-state index in [4.69, 9.17) is 58.2 Å². The molecule has 11 aromatic heterocycles. The van der Waals surface area contributed by atoms with Crippen LogP contribution in [0.5, 0.6) is 23.0 Å². The van der Waals surface area contributed by atoms with Gasteiger partial charge in [-0.05, 0) is 273 Å². The molecule has 12 heterocycles. The van der Waals surface area contributed by atoms with Gasteiger partial charge in [0.25, 0.3) is 0 Å². The van der Waals surface area contributed by atoms with Gasteiger partial charge in [-0.2, -0.15) is 27.5 Å². The van der Waals surface area contributed by atoms with Crippen molar-refractivity contribution in [1.29, 1.82) is 0 Å². The summed E-state index contributed by atoms with van der Waals surface area (Å²) >= 11 is 10.9. The van der Waals surface area contributed by atoms with Crippen molar-refractivity contribution < 1.29 is 50.0 Å². The quantitative estimate of drug-likeness (QED) is 0.0240. The predicted molar refractivity (Wildman–Crippen MR) is 505 cm³/mol. The molecule has 16 aromatic rings. The third-order valence-corrected chi connectivity index (χ3v) is 24.4. The number of nitrogens with two attached hydrogens (primary N) is 4. The summed E-state index contributed by atoms with van der Waals surface area (Å²) in [5, 5.41) is 53.5. The molecular weight excluding hydrogens is 1810 g/mol. The van der Waals surface area contributed by atoms with E-state index >= 15 is 13.2 Å². The first-order valence-electron chi connectivity index (χ1n) is 42.0. The number of pyridine rings is 4. The Balaban J connectivity index is 0.000000143. The number of morpholine rings is 1. The number of hydrogen-bond donors (Lipinski definition) is 4. The summed E-state index contributed by atoms with van der Waals surface area (Å²) in [4.78, 5) is 28.4. The van der Waals surface area contributed by atoms with E-state index in [1.807, 2.05) is 107 Å². The van der Waals surface area contributed by atoms with E-state index in [1.54, 1.807) is 127 Å². The molecule has 696 valence electrons. The highest BCUT2D eigenvalue weighted by Crippen LogP contribution is 2.40. The minimum absolute atomic E-state index is 0.104. The maximum Gasteiger partial charge on any atom is 0.202 e. The SMILES string of the molecule is CN(C)CCCOc1ccc(-n2nnnc2-c2cc(-c3cccc(Cl)c3)cnc2N)c(F)c1F.Cc1csc(-c2cnc(N)c(-c3nnnn3-c3ccc(OCCCN(C)C)c(F)c3F)c2)c1.Cc1csc(-c2cnc(N)c(-c3nnnn3-c3ccc(OCCN(C)C)c(C)c3F)c2)c1.Cc1csc(-c2cnc(N)c(-c3nnnn3-c3ccc(OCCN4CCOCC4)c(C)c3F)c2)c1.